The van der Waals surface area contributed by atoms with Crippen LogP contribution >= 0.6 is 0 Å². The molecule has 0 aliphatic rings. The van der Waals surface area contributed by atoms with E-state index in [0.29, 0.717) is 0 Å². The minimum Gasteiger partial charge on any atom is -0.381 e. The Morgan fingerprint density at radius 2 is 0.541 bits per heavy atom. The normalized spacial score (nSPS) is 11.9. The predicted octanol–water partition coefficient (Wildman–Crippen LogP) is 13.1. The third-order valence-corrected chi connectivity index (χ3v) is 7.60. The van der Waals surface area contributed by atoms with Crippen molar-refractivity contribution in [3.05, 3.63) is 24.3 Å². The quantitative estimate of drug-likeness (QED) is 0.0635. The van der Waals surface area contributed by atoms with Gasteiger partial charge in [-0.2, -0.15) is 0 Å². The standard InChI is InChI=1S/C36H70O/c1-3-5-7-9-11-13-15-17-19-21-23-25-27-29-31-33-35-37-36-34-32-30-28-26-24-22-20-18-16-14-12-10-8-6-4-2/h17-20H,3-16,21-36H2,1-2H3/b19-17-,20-18-. The number of hydrogen-bond acceptors (Lipinski definition) is 1. The summed E-state index contributed by atoms with van der Waals surface area (Å²) in [5, 5.41) is 0. The fourth-order valence-electron chi connectivity index (χ4n) is 5.01. The Balaban J connectivity index is 3.09. The molecular weight excluding hydrogens is 448 g/mol. The summed E-state index contributed by atoms with van der Waals surface area (Å²) in [7, 11) is 0. The molecule has 220 valence electrons. The summed E-state index contributed by atoms with van der Waals surface area (Å²) in [6.07, 6.45) is 48.1. The number of ether oxygens (including phenoxy) is 1. The molecule has 0 atom stereocenters. The van der Waals surface area contributed by atoms with Gasteiger partial charge in [0.1, 0.15) is 0 Å². The third-order valence-electron chi connectivity index (χ3n) is 7.60. The molecule has 0 saturated heterocycles. The molecule has 0 N–H and O–H groups in total. The number of unbranched alkanes of at least 4 members (excludes halogenated alkanes) is 24. The van der Waals surface area contributed by atoms with E-state index in [0.717, 1.165) is 13.2 Å². The maximum atomic E-state index is 5.85. The first kappa shape index (κ1) is 36.4. The van der Waals surface area contributed by atoms with Gasteiger partial charge in [0.15, 0.2) is 0 Å². The molecule has 0 aromatic carbocycles. The highest BCUT2D eigenvalue weighted by Gasteiger charge is 1.95. The number of allylic oxidation sites excluding steroid dienone is 4. The predicted molar refractivity (Wildman–Crippen MR) is 170 cm³/mol. The largest absolute Gasteiger partial charge is 0.381 e. The van der Waals surface area contributed by atoms with Crippen molar-refractivity contribution in [2.24, 2.45) is 0 Å². The fraction of sp³-hybridized carbons (Fsp3) is 0.889. The van der Waals surface area contributed by atoms with Crippen LogP contribution in [0.5, 0.6) is 0 Å². The van der Waals surface area contributed by atoms with Gasteiger partial charge in [0, 0.05) is 13.2 Å². The highest BCUT2D eigenvalue weighted by atomic mass is 16.5. The van der Waals surface area contributed by atoms with Crippen molar-refractivity contribution in [1.29, 1.82) is 0 Å². The first-order valence-corrected chi connectivity index (χ1v) is 17.3. The van der Waals surface area contributed by atoms with E-state index in [1.165, 1.54) is 180 Å². The molecule has 37 heavy (non-hydrogen) atoms. The van der Waals surface area contributed by atoms with E-state index < -0.39 is 0 Å². The molecule has 1 nitrogen and oxygen atoms in total. The van der Waals surface area contributed by atoms with E-state index in [4.69, 9.17) is 4.74 Å². The molecule has 0 radical (unpaired) electrons. The van der Waals surface area contributed by atoms with Gasteiger partial charge in [0.05, 0.1) is 0 Å². The van der Waals surface area contributed by atoms with Crippen molar-refractivity contribution in [2.45, 2.75) is 194 Å². The maximum absolute atomic E-state index is 5.85. The SMILES string of the molecule is CCCCCCCC/C=C\CCCCCCCCOCCCCCCCC/C=C\CCCCCCCC. The molecule has 0 aromatic heterocycles. The molecule has 0 aromatic rings. The molecule has 1 heteroatoms. The molecule has 0 unspecified atom stereocenters. The summed E-state index contributed by atoms with van der Waals surface area (Å²) < 4.78 is 5.85. The van der Waals surface area contributed by atoms with Crippen molar-refractivity contribution in [2.75, 3.05) is 13.2 Å². The van der Waals surface area contributed by atoms with Crippen molar-refractivity contribution in [3.8, 4) is 0 Å². The molecule has 0 heterocycles. The van der Waals surface area contributed by atoms with E-state index in [9.17, 15) is 0 Å². The minimum atomic E-state index is 0.978. The van der Waals surface area contributed by atoms with Crippen molar-refractivity contribution < 1.29 is 4.74 Å². The zero-order valence-corrected chi connectivity index (χ0v) is 25.9. The zero-order valence-electron chi connectivity index (χ0n) is 25.9. The molecule has 0 aliphatic carbocycles. The Bertz CT molecular complexity index is 398. The van der Waals surface area contributed by atoms with Crippen LogP contribution in [0.25, 0.3) is 0 Å². The van der Waals surface area contributed by atoms with Gasteiger partial charge in [-0.05, 0) is 64.2 Å². The third kappa shape index (κ3) is 35.4. The summed E-state index contributed by atoms with van der Waals surface area (Å²) in [6, 6.07) is 0. The summed E-state index contributed by atoms with van der Waals surface area (Å²) in [5.74, 6) is 0. The molecule has 0 spiro atoms. The molecule has 0 rings (SSSR count). The average molecular weight is 519 g/mol. The summed E-state index contributed by atoms with van der Waals surface area (Å²) in [4.78, 5) is 0. The molecular formula is C36H70O. The fourth-order valence-corrected chi connectivity index (χ4v) is 5.01. The van der Waals surface area contributed by atoms with E-state index in [-0.39, 0.29) is 0 Å². The molecule has 0 fully saturated rings. The van der Waals surface area contributed by atoms with Gasteiger partial charge >= 0.3 is 0 Å². The number of rotatable bonds is 32. The van der Waals surface area contributed by atoms with Gasteiger partial charge in [-0.1, -0.05) is 154 Å². The Kier molecular flexibility index (Phi) is 34.9. The first-order valence-electron chi connectivity index (χ1n) is 17.3. The van der Waals surface area contributed by atoms with Gasteiger partial charge in [0.2, 0.25) is 0 Å². The van der Waals surface area contributed by atoms with Crippen LogP contribution in [0, 0.1) is 0 Å². The van der Waals surface area contributed by atoms with E-state index in [1.807, 2.05) is 0 Å². The second-order valence-corrected chi connectivity index (χ2v) is 11.5. The molecule has 0 saturated carbocycles. The van der Waals surface area contributed by atoms with Crippen LogP contribution in [-0.4, -0.2) is 13.2 Å². The summed E-state index contributed by atoms with van der Waals surface area (Å²) in [5.41, 5.74) is 0. The van der Waals surface area contributed by atoms with Crippen molar-refractivity contribution >= 4 is 0 Å². The van der Waals surface area contributed by atoms with Crippen molar-refractivity contribution in [3.63, 3.8) is 0 Å². The molecule has 0 amide bonds. The first-order chi connectivity index (χ1) is 18.4. The van der Waals surface area contributed by atoms with Gasteiger partial charge < -0.3 is 4.74 Å². The van der Waals surface area contributed by atoms with Crippen LogP contribution in [0.2, 0.25) is 0 Å². The second-order valence-electron chi connectivity index (χ2n) is 11.5. The topological polar surface area (TPSA) is 9.23 Å². The lowest BCUT2D eigenvalue weighted by Gasteiger charge is -2.05. The van der Waals surface area contributed by atoms with Crippen LogP contribution in [0.3, 0.4) is 0 Å². The van der Waals surface area contributed by atoms with E-state index in [2.05, 4.69) is 38.2 Å². The zero-order chi connectivity index (χ0) is 26.7. The van der Waals surface area contributed by atoms with Gasteiger partial charge in [0.25, 0.3) is 0 Å². The smallest absolute Gasteiger partial charge is 0.0466 e. The second kappa shape index (κ2) is 35.4. The Labute approximate surface area is 235 Å². The lowest BCUT2D eigenvalue weighted by Crippen LogP contribution is -1.97. The highest BCUT2D eigenvalue weighted by Crippen LogP contribution is 2.12. The molecule has 0 bridgehead atoms. The Morgan fingerprint density at radius 1 is 0.297 bits per heavy atom. The Morgan fingerprint density at radius 3 is 0.838 bits per heavy atom. The number of hydrogen-bond donors (Lipinski definition) is 0. The van der Waals surface area contributed by atoms with Crippen LogP contribution < -0.4 is 0 Å². The van der Waals surface area contributed by atoms with Crippen LogP contribution in [0.15, 0.2) is 24.3 Å². The summed E-state index contributed by atoms with van der Waals surface area (Å²) in [6.45, 7) is 6.54. The van der Waals surface area contributed by atoms with E-state index in [1.54, 1.807) is 0 Å². The minimum absolute atomic E-state index is 0.978. The lowest BCUT2D eigenvalue weighted by molar-refractivity contribution is 0.125. The van der Waals surface area contributed by atoms with Crippen molar-refractivity contribution in [1.82, 2.24) is 0 Å². The average Bonchev–Trinajstić information content (AvgIpc) is 2.91. The monoisotopic (exact) mass is 519 g/mol. The van der Waals surface area contributed by atoms with Crippen LogP contribution in [0.4, 0.5) is 0 Å². The maximum Gasteiger partial charge on any atom is 0.0466 e. The van der Waals surface area contributed by atoms with Gasteiger partial charge in [-0.3, -0.25) is 0 Å². The van der Waals surface area contributed by atoms with Gasteiger partial charge in [-0.25, -0.2) is 0 Å². The van der Waals surface area contributed by atoms with Gasteiger partial charge in [-0.15, -0.1) is 0 Å². The Hall–Kier alpha value is -0.560. The van der Waals surface area contributed by atoms with Crippen LogP contribution in [-0.2, 0) is 4.74 Å². The van der Waals surface area contributed by atoms with E-state index >= 15 is 0 Å². The summed E-state index contributed by atoms with van der Waals surface area (Å²) >= 11 is 0. The lowest BCUT2D eigenvalue weighted by atomic mass is 10.1. The van der Waals surface area contributed by atoms with Crippen LogP contribution in [0.1, 0.15) is 194 Å². The molecule has 0 aliphatic heterocycles. The highest BCUT2D eigenvalue weighted by molar-refractivity contribution is 4.82.